The summed E-state index contributed by atoms with van der Waals surface area (Å²) in [5.74, 6) is -0.535. The molecule has 7 heteroatoms. The summed E-state index contributed by atoms with van der Waals surface area (Å²) >= 11 is 3.31. The quantitative estimate of drug-likeness (QED) is 0.523. The number of nitriles is 2. The highest BCUT2D eigenvalue weighted by Gasteiger charge is 2.17. The molecule has 0 atom stereocenters. The molecule has 0 aliphatic heterocycles. The Hall–Kier alpha value is -2.38. The van der Waals surface area contributed by atoms with E-state index >= 15 is 0 Å². The van der Waals surface area contributed by atoms with Gasteiger partial charge in [-0.05, 0) is 24.6 Å². The molecule has 1 rings (SSSR count). The monoisotopic (exact) mass is 320 g/mol. The van der Waals surface area contributed by atoms with Gasteiger partial charge in [0.1, 0.15) is 12.1 Å². The summed E-state index contributed by atoms with van der Waals surface area (Å²) in [6, 6.07) is 6.54. The molecule has 96 valence electrons. The summed E-state index contributed by atoms with van der Waals surface area (Å²) in [4.78, 5) is 11.7. The molecule has 1 aromatic carbocycles. The molecule has 0 radical (unpaired) electrons. The lowest BCUT2D eigenvalue weighted by Gasteiger charge is -2.11. The molecule has 0 heterocycles. The summed E-state index contributed by atoms with van der Waals surface area (Å²) < 4.78 is 5.43. The molecule has 0 aromatic heterocycles. The van der Waals surface area contributed by atoms with E-state index in [0.717, 1.165) is 4.47 Å². The van der Waals surface area contributed by atoms with Crippen molar-refractivity contribution in [2.24, 2.45) is 5.10 Å². The molecule has 1 aromatic rings. The minimum absolute atomic E-state index is 0.288. The highest BCUT2D eigenvalue weighted by molar-refractivity contribution is 9.10. The summed E-state index contributed by atoms with van der Waals surface area (Å²) in [6.45, 7) is 1.74. The number of hydrogen-bond donors (Lipinski definition) is 1. The van der Waals surface area contributed by atoms with Gasteiger partial charge in [-0.2, -0.15) is 15.6 Å². The average Bonchev–Trinajstić information content (AvgIpc) is 2.43. The van der Waals surface area contributed by atoms with Gasteiger partial charge in [-0.1, -0.05) is 15.9 Å². The number of esters is 1. The standard InChI is InChI=1S/C12H9BrN4O2/c1-7-9(13)3-4-10(11(7)12(18)19-2)17-16-8(5-14)6-15/h3-4,17H,1-2H3. The van der Waals surface area contributed by atoms with Crippen LogP contribution in [-0.2, 0) is 4.74 Å². The first-order valence-electron chi connectivity index (χ1n) is 5.06. The zero-order valence-electron chi connectivity index (χ0n) is 10.2. The molecule has 0 saturated heterocycles. The van der Waals surface area contributed by atoms with Gasteiger partial charge in [0.25, 0.3) is 0 Å². The van der Waals surface area contributed by atoms with Crippen LogP contribution in [0, 0.1) is 29.6 Å². The molecule has 0 fully saturated rings. The molecule has 19 heavy (non-hydrogen) atoms. The Balaban J connectivity index is 3.27. The second kappa shape index (κ2) is 6.53. The van der Waals surface area contributed by atoms with Crippen molar-refractivity contribution in [3.8, 4) is 12.1 Å². The van der Waals surface area contributed by atoms with Gasteiger partial charge < -0.3 is 4.74 Å². The Labute approximate surface area is 118 Å². The summed E-state index contributed by atoms with van der Waals surface area (Å²) in [5, 5.41) is 20.8. The first-order valence-corrected chi connectivity index (χ1v) is 5.85. The SMILES string of the molecule is COC(=O)c1c(NN=C(C#N)C#N)ccc(Br)c1C. The zero-order valence-corrected chi connectivity index (χ0v) is 11.8. The fourth-order valence-electron chi connectivity index (χ4n) is 1.34. The van der Waals surface area contributed by atoms with E-state index in [1.165, 1.54) is 7.11 Å². The molecule has 0 amide bonds. The van der Waals surface area contributed by atoms with Crippen molar-refractivity contribution in [3.05, 3.63) is 27.7 Å². The average molecular weight is 321 g/mol. The van der Waals surface area contributed by atoms with Gasteiger partial charge in [-0.3, -0.25) is 5.43 Å². The van der Waals surface area contributed by atoms with E-state index < -0.39 is 5.97 Å². The Morgan fingerprint density at radius 3 is 2.58 bits per heavy atom. The fourth-order valence-corrected chi connectivity index (χ4v) is 1.67. The number of benzene rings is 1. The molecule has 0 aliphatic carbocycles. The van der Waals surface area contributed by atoms with Crippen LogP contribution in [0.5, 0.6) is 0 Å². The number of nitrogens with zero attached hydrogens (tertiary/aromatic N) is 3. The Morgan fingerprint density at radius 1 is 1.42 bits per heavy atom. The number of nitrogens with one attached hydrogen (secondary N) is 1. The zero-order chi connectivity index (χ0) is 14.4. The number of anilines is 1. The fraction of sp³-hybridized carbons (Fsp3) is 0.167. The first-order chi connectivity index (χ1) is 9.04. The second-order valence-electron chi connectivity index (χ2n) is 3.38. The van der Waals surface area contributed by atoms with Crippen LogP contribution in [0.2, 0.25) is 0 Å². The Bertz CT molecular complexity index is 610. The van der Waals surface area contributed by atoms with Gasteiger partial charge >= 0.3 is 5.97 Å². The highest BCUT2D eigenvalue weighted by atomic mass is 79.9. The number of halogens is 1. The van der Waals surface area contributed by atoms with Crippen molar-refractivity contribution in [1.82, 2.24) is 0 Å². The third-order valence-electron chi connectivity index (χ3n) is 2.29. The van der Waals surface area contributed by atoms with E-state index in [4.69, 9.17) is 15.3 Å². The van der Waals surface area contributed by atoms with Crippen molar-refractivity contribution in [2.75, 3.05) is 12.5 Å². The predicted octanol–water partition coefficient (Wildman–Crippen LogP) is 2.36. The molecular weight excluding hydrogens is 312 g/mol. The Morgan fingerprint density at radius 2 is 2.05 bits per heavy atom. The van der Waals surface area contributed by atoms with Gasteiger partial charge in [0, 0.05) is 4.47 Å². The lowest BCUT2D eigenvalue weighted by molar-refractivity contribution is 0.0601. The van der Waals surface area contributed by atoms with Gasteiger partial charge in [0.2, 0.25) is 5.71 Å². The summed E-state index contributed by atoms with van der Waals surface area (Å²) in [5.41, 5.74) is 3.50. The minimum Gasteiger partial charge on any atom is -0.465 e. The molecule has 6 nitrogen and oxygen atoms in total. The number of carbonyl (C=O) groups excluding carboxylic acids is 1. The summed E-state index contributed by atoms with van der Waals surface area (Å²) in [7, 11) is 1.27. The molecular formula is C12H9BrN4O2. The maximum Gasteiger partial charge on any atom is 0.340 e. The van der Waals surface area contributed by atoms with Crippen LogP contribution in [0.15, 0.2) is 21.7 Å². The largest absolute Gasteiger partial charge is 0.465 e. The normalized spacial score (nSPS) is 8.89. The predicted molar refractivity (Wildman–Crippen MR) is 72.5 cm³/mol. The number of carbonyl (C=O) groups is 1. The van der Waals surface area contributed by atoms with E-state index in [1.54, 1.807) is 31.2 Å². The molecule has 0 unspecified atom stereocenters. The molecule has 1 N–H and O–H groups in total. The van der Waals surface area contributed by atoms with Crippen LogP contribution in [0.4, 0.5) is 5.69 Å². The van der Waals surface area contributed by atoms with E-state index in [-0.39, 0.29) is 11.3 Å². The smallest absolute Gasteiger partial charge is 0.340 e. The van der Waals surface area contributed by atoms with Crippen LogP contribution >= 0.6 is 15.9 Å². The van der Waals surface area contributed by atoms with E-state index in [0.29, 0.717) is 11.3 Å². The first kappa shape index (κ1) is 14.7. The van der Waals surface area contributed by atoms with Crippen LogP contribution in [0.3, 0.4) is 0 Å². The molecule has 0 saturated carbocycles. The van der Waals surface area contributed by atoms with E-state index in [2.05, 4.69) is 26.5 Å². The van der Waals surface area contributed by atoms with Crippen LogP contribution in [0.25, 0.3) is 0 Å². The van der Waals surface area contributed by atoms with Gasteiger partial charge in [0.05, 0.1) is 18.4 Å². The van der Waals surface area contributed by atoms with Crippen molar-refractivity contribution in [3.63, 3.8) is 0 Å². The maximum absolute atomic E-state index is 11.7. The topological polar surface area (TPSA) is 98.3 Å². The van der Waals surface area contributed by atoms with Gasteiger partial charge in [-0.25, -0.2) is 4.79 Å². The van der Waals surface area contributed by atoms with Crippen molar-refractivity contribution in [2.45, 2.75) is 6.92 Å². The van der Waals surface area contributed by atoms with Crippen LogP contribution < -0.4 is 5.43 Å². The van der Waals surface area contributed by atoms with Crippen molar-refractivity contribution >= 4 is 33.3 Å². The maximum atomic E-state index is 11.7. The molecule has 0 spiro atoms. The lowest BCUT2D eigenvalue weighted by Crippen LogP contribution is -2.09. The third kappa shape index (κ3) is 3.30. The van der Waals surface area contributed by atoms with Gasteiger partial charge in [0.15, 0.2) is 0 Å². The van der Waals surface area contributed by atoms with Crippen molar-refractivity contribution in [1.29, 1.82) is 10.5 Å². The van der Waals surface area contributed by atoms with Crippen LogP contribution in [0.1, 0.15) is 15.9 Å². The third-order valence-corrected chi connectivity index (χ3v) is 3.15. The van der Waals surface area contributed by atoms with E-state index in [1.807, 2.05) is 0 Å². The highest BCUT2D eigenvalue weighted by Crippen LogP contribution is 2.27. The lowest BCUT2D eigenvalue weighted by atomic mass is 10.1. The molecule has 0 bridgehead atoms. The number of methoxy groups -OCH3 is 1. The van der Waals surface area contributed by atoms with Crippen molar-refractivity contribution < 1.29 is 9.53 Å². The second-order valence-corrected chi connectivity index (χ2v) is 4.24. The molecule has 0 aliphatic rings. The number of hydrazone groups is 1. The number of ether oxygens (including phenoxy) is 1. The minimum atomic E-state index is -0.535. The Kier molecular flexibility index (Phi) is 5.04. The number of hydrogen-bond acceptors (Lipinski definition) is 6. The van der Waals surface area contributed by atoms with Gasteiger partial charge in [-0.15, -0.1) is 0 Å². The summed E-state index contributed by atoms with van der Waals surface area (Å²) in [6.07, 6.45) is 0. The van der Waals surface area contributed by atoms with Crippen LogP contribution in [-0.4, -0.2) is 18.8 Å². The van der Waals surface area contributed by atoms with E-state index in [9.17, 15) is 4.79 Å². The number of rotatable bonds is 3.